The molecule has 0 aliphatic heterocycles. The summed E-state index contributed by atoms with van der Waals surface area (Å²) in [6.07, 6.45) is 0.600. The van der Waals surface area contributed by atoms with Crippen molar-refractivity contribution >= 4 is 27.3 Å². The molecule has 0 fully saturated rings. The van der Waals surface area contributed by atoms with Gasteiger partial charge in [0.1, 0.15) is 4.21 Å². The summed E-state index contributed by atoms with van der Waals surface area (Å²) in [6, 6.07) is 14.1. The van der Waals surface area contributed by atoms with E-state index in [2.05, 4.69) is 14.6 Å². The molecule has 0 bridgehead atoms. The van der Waals surface area contributed by atoms with E-state index in [-0.39, 0.29) is 9.90 Å². The highest BCUT2D eigenvalue weighted by Crippen LogP contribution is 2.31. The Balaban J connectivity index is 1.68. The Hall–Kier alpha value is -2.49. The second kappa shape index (κ2) is 7.81. The minimum Gasteiger partial charge on any atom is -0.464 e. The summed E-state index contributed by atoms with van der Waals surface area (Å²) in [6.45, 7) is 0.300. The Morgan fingerprint density at radius 1 is 1.23 bits per heavy atom. The van der Waals surface area contributed by atoms with Crippen LogP contribution in [0.2, 0.25) is 0 Å². The second-order valence-corrected chi connectivity index (χ2v) is 8.40. The smallest absolute Gasteiger partial charge is 0.360 e. The minimum atomic E-state index is -3.62. The maximum absolute atomic E-state index is 12.4. The zero-order valence-corrected chi connectivity index (χ0v) is 15.5. The average Bonchev–Trinajstić information content (AvgIpc) is 3.31. The molecular weight excluding hydrogens is 376 g/mol. The molecule has 26 heavy (non-hydrogen) atoms. The molecule has 7 nitrogen and oxygen atoms in total. The first-order valence-electron chi connectivity index (χ1n) is 7.68. The summed E-state index contributed by atoms with van der Waals surface area (Å²) in [7, 11) is -2.37. The van der Waals surface area contributed by atoms with Crippen LogP contribution in [0.25, 0.3) is 10.6 Å². The first-order valence-corrected chi connectivity index (χ1v) is 9.98. The van der Waals surface area contributed by atoms with Gasteiger partial charge in [-0.2, -0.15) is 0 Å². The molecule has 1 N–H and O–H groups in total. The van der Waals surface area contributed by atoms with Crippen molar-refractivity contribution in [3.05, 3.63) is 59.8 Å². The quantitative estimate of drug-likeness (QED) is 0.621. The van der Waals surface area contributed by atoms with Gasteiger partial charge in [0.25, 0.3) is 0 Å². The van der Waals surface area contributed by atoms with Crippen molar-refractivity contribution in [1.82, 2.24) is 9.88 Å². The molecule has 3 rings (SSSR count). The van der Waals surface area contributed by atoms with Crippen LogP contribution in [0.4, 0.5) is 0 Å². The summed E-state index contributed by atoms with van der Waals surface area (Å²) in [4.78, 5) is 12.0. The SMILES string of the molecule is COC(=O)c1cc(-c2ccc(S(=O)(=O)NCCc3ccccc3)s2)on1. The van der Waals surface area contributed by atoms with Gasteiger partial charge in [-0.25, -0.2) is 17.9 Å². The van der Waals surface area contributed by atoms with Gasteiger partial charge < -0.3 is 9.26 Å². The van der Waals surface area contributed by atoms with Crippen molar-refractivity contribution in [3.63, 3.8) is 0 Å². The molecule has 0 unspecified atom stereocenters. The van der Waals surface area contributed by atoms with E-state index in [4.69, 9.17) is 4.52 Å². The number of carbonyl (C=O) groups is 1. The third-order valence-corrected chi connectivity index (χ3v) is 6.59. The molecule has 0 amide bonds. The number of nitrogens with one attached hydrogen (secondary N) is 1. The number of methoxy groups -OCH3 is 1. The van der Waals surface area contributed by atoms with Gasteiger partial charge >= 0.3 is 5.97 Å². The molecule has 0 spiro atoms. The summed E-state index contributed by atoms with van der Waals surface area (Å²) in [5, 5.41) is 3.61. The molecule has 9 heteroatoms. The monoisotopic (exact) mass is 392 g/mol. The van der Waals surface area contributed by atoms with Crippen LogP contribution in [-0.2, 0) is 21.2 Å². The van der Waals surface area contributed by atoms with Gasteiger partial charge in [-0.15, -0.1) is 11.3 Å². The first-order chi connectivity index (χ1) is 12.5. The number of sulfonamides is 1. The highest BCUT2D eigenvalue weighted by molar-refractivity contribution is 7.91. The fourth-order valence-corrected chi connectivity index (χ4v) is 4.57. The van der Waals surface area contributed by atoms with Crippen LogP contribution < -0.4 is 4.72 Å². The summed E-state index contributed by atoms with van der Waals surface area (Å²) in [5.41, 5.74) is 1.08. The van der Waals surface area contributed by atoms with Crippen LogP contribution in [0, 0.1) is 0 Å². The Morgan fingerprint density at radius 2 is 2.00 bits per heavy atom. The van der Waals surface area contributed by atoms with Gasteiger partial charge in [0.05, 0.1) is 12.0 Å². The molecule has 2 aromatic heterocycles. The number of rotatable bonds is 7. The van der Waals surface area contributed by atoms with E-state index in [9.17, 15) is 13.2 Å². The lowest BCUT2D eigenvalue weighted by atomic mass is 10.2. The number of hydrogen-bond donors (Lipinski definition) is 1. The number of hydrogen-bond acceptors (Lipinski definition) is 7. The third-order valence-electron chi connectivity index (χ3n) is 3.54. The molecule has 0 radical (unpaired) electrons. The van der Waals surface area contributed by atoms with Crippen LogP contribution in [0.3, 0.4) is 0 Å². The fraction of sp³-hybridized carbons (Fsp3) is 0.176. The van der Waals surface area contributed by atoms with Crippen molar-refractivity contribution in [3.8, 4) is 10.6 Å². The standard InChI is InChI=1S/C17H16N2O5S2/c1-23-17(20)13-11-14(24-19-13)15-7-8-16(25-15)26(21,22)18-10-9-12-5-3-2-4-6-12/h2-8,11,18H,9-10H2,1H3. The van der Waals surface area contributed by atoms with Crippen LogP contribution in [0.15, 0.2) is 57.3 Å². The van der Waals surface area contributed by atoms with Crippen molar-refractivity contribution in [2.45, 2.75) is 10.6 Å². The van der Waals surface area contributed by atoms with Crippen molar-refractivity contribution < 1.29 is 22.5 Å². The summed E-state index contributed by atoms with van der Waals surface area (Å²) in [5.74, 6) is -0.312. The van der Waals surface area contributed by atoms with Crippen LogP contribution in [0.5, 0.6) is 0 Å². The van der Waals surface area contributed by atoms with Crippen LogP contribution in [-0.4, -0.2) is 33.2 Å². The highest BCUT2D eigenvalue weighted by atomic mass is 32.2. The number of carbonyl (C=O) groups excluding carboxylic acids is 1. The second-order valence-electron chi connectivity index (χ2n) is 5.32. The zero-order chi connectivity index (χ0) is 18.6. The first kappa shape index (κ1) is 18.3. The Labute approximate surface area is 154 Å². The molecule has 1 aromatic carbocycles. The van der Waals surface area contributed by atoms with Crippen LogP contribution in [0.1, 0.15) is 16.1 Å². The summed E-state index contributed by atoms with van der Waals surface area (Å²) < 4.78 is 37.2. The lowest BCUT2D eigenvalue weighted by Crippen LogP contribution is -2.25. The topological polar surface area (TPSA) is 98.5 Å². The molecule has 0 aliphatic rings. The van der Waals surface area contributed by atoms with E-state index in [1.54, 1.807) is 6.07 Å². The van der Waals surface area contributed by atoms with Gasteiger partial charge in [0, 0.05) is 12.6 Å². The number of thiophene rings is 1. The van der Waals surface area contributed by atoms with Gasteiger partial charge in [-0.1, -0.05) is 35.5 Å². The molecule has 0 saturated carbocycles. The number of esters is 1. The lowest BCUT2D eigenvalue weighted by Gasteiger charge is -2.04. The van der Waals surface area contributed by atoms with E-state index in [1.165, 1.54) is 19.2 Å². The molecule has 3 aromatic rings. The zero-order valence-electron chi connectivity index (χ0n) is 13.8. The van der Waals surface area contributed by atoms with E-state index in [0.717, 1.165) is 16.9 Å². The highest BCUT2D eigenvalue weighted by Gasteiger charge is 2.20. The maximum Gasteiger partial charge on any atom is 0.360 e. The number of aromatic nitrogens is 1. The molecule has 2 heterocycles. The van der Waals surface area contributed by atoms with E-state index in [1.807, 2.05) is 30.3 Å². The lowest BCUT2D eigenvalue weighted by molar-refractivity contribution is 0.0589. The van der Waals surface area contributed by atoms with Crippen molar-refractivity contribution in [2.75, 3.05) is 13.7 Å². The van der Waals surface area contributed by atoms with Gasteiger partial charge in [-0.05, 0) is 24.1 Å². The normalized spacial score (nSPS) is 11.4. The van der Waals surface area contributed by atoms with Gasteiger partial charge in [0.15, 0.2) is 11.5 Å². The minimum absolute atomic E-state index is 0.0290. The number of nitrogens with zero attached hydrogens (tertiary/aromatic N) is 1. The largest absolute Gasteiger partial charge is 0.464 e. The average molecular weight is 392 g/mol. The molecule has 136 valence electrons. The molecular formula is C17H16N2O5S2. The van der Waals surface area contributed by atoms with Crippen molar-refractivity contribution in [2.24, 2.45) is 0 Å². The maximum atomic E-state index is 12.4. The predicted octanol–water partition coefficient (Wildman–Crippen LogP) is 2.71. The Bertz CT molecular complexity index is 993. The van der Waals surface area contributed by atoms with Gasteiger partial charge in [0.2, 0.25) is 10.0 Å². The van der Waals surface area contributed by atoms with E-state index in [0.29, 0.717) is 23.6 Å². The number of ether oxygens (including phenoxy) is 1. The molecule has 0 atom stereocenters. The number of benzene rings is 1. The van der Waals surface area contributed by atoms with Gasteiger partial charge in [-0.3, -0.25) is 0 Å². The summed E-state index contributed by atoms with van der Waals surface area (Å²) >= 11 is 1.04. The third kappa shape index (κ3) is 4.18. The predicted molar refractivity (Wildman–Crippen MR) is 96.5 cm³/mol. The molecule has 0 aliphatic carbocycles. The van der Waals surface area contributed by atoms with E-state index >= 15 is 0 Å². The van der Waals surface area contributed by atoms with Crippen LogP contribution >= 0.6 is 11.3 Å². The van der Waals surface area contributed by atoms with E-state index < -0.39 is 16.0 Å². The van der Waals surface area contributed by atoms with Crippen molar-refractivity contribution in [1.29, 1.82) is 0 Å². The molecule has 0 saturated heterocycles. The fourth-order valence-electron chi connectivity index (χ4n) is 2.23. The Kier molecular flexibility index (Phi) is 5.50. The Morgan fingerprint density at radius 3 is 2.73 bits per heavy atom.